The zero-order valence-electron chi connectivity index (χ0n) is 8.36. The number of hydrogen-bond donors (Lipinski definition) is 1. The molecule has 2 N–H and O–H groups in total. The van der Waals surface area contributed by atoms with Gasteiger partial charge >= 0.3 is 0 Å². The molecule has 0 spiro atoms. The summed E-state index contributed by atoms with van der Waals surface area (Å²) in [7, 11) is 0. The van der Waals surface area contributed by atoms with Crippen molar-refractivity contribution in [3.8, 4) is 0 Å². The van der Waals surface area contributed by atoms with Gasteiger partial charge in [-0.1, -0.05) is 11.8 Å². The molecule has 6 heteroatoms. The van der Waals surface area contributed by atoms with Crippen LogP contribution < -0.4 is 5.73 Å². The second kappa shape index (κ2) is 13.2. The van der Waals surface area contributed by atoms with Crippen molar-refractivity contribution in [3.05, 3.63) is 0 Å². The van der Waals surface area contributed by atoms with Crippen LogP contribution >= 0.6 is 24.2 Å². The maximum Gasteiger partial charge on any atom is 0.185 e. The third-order valence-electron chi connectivity index (χ3n) is 1.17. The minimum atomic E-state index is 0. The first-order valence-corrected chi connectivity index (χ1v) is 5.25. The van der Waals surface area contributed by atoms with Crippen LogP contribution in [0.2, 0.25) is 0 Å². The van der Waals surface area contributed by atoms with E-state index in [4.69, 9.17) is 15.2 Å². The first-order valence-electron chi connectivity index (χ1n) is 4.26. The number of rotatable bonds is 8. The Balaban J connectivity index is 0. The molecule has 0 amide bonds. The van der Waals surface area contributed by atoms with E-state index in [2.05, 4.69) is 0 Å². The fourth-order valence-electron chi connectivity index (χ4n) is 0.650. The van der Waals surface area contributed by atoms with Gasteiger partial charge in [-0.2, -0.15) is 0 Å². The Morgan fingerprint density at radius 3 is 2.29 bits per heavy atom. The summed E-state index contributed by atoms with van der Waals surface area (Å²) in [5, 5.41) is 0.128. The second-order valence-corrected chi connectivity index (χ2v) is 3.63. The van der Waals surface area contributed by atoms with Gasteiger partial charge in [-0.05, 0) is 0 Å². The van der Waals surface area contributed by atoms with Gasteiger partial charge < -0.3 is 15.2 Å². The van der Waals surface area contributed by atoms with Gasteiger partial charge in [-0.3, -0.25) is 4.79 Å². The van der Waals surface area contributed by atoms with Gasteiger partial charge in [0.2, 0.25) is 0 Å². The van der Waals surface area contributed by atoms with Gasteiger partial charge in [0.1, 0.15) is 0 Å². The quantitative estimate of drug-likeness (QED) is 0.636. The van der Waals surface area contributed by atoms with Gasteiger partial charge in [0.05, 0.1) is 26.4 Å². The van der Waals surface area contributed by atoms with E-state index in [0.717, 1.165) is 0 Å². The lowest BCUT2D eigenvalue weighted by Gasteiger charge is -2.03. The molecule has 14 heavy (non-hydrogen) atoms. The Kier molecular flexibility index (Phi) is 15.7. The predicted octanol–water partition coefficient (Wildman–Crippen LogP) is 0.680. The standard InChI is InChI=1S/C8H17NO3S.ClH/c1-8(10)13-7-6-12-5-4-11-3-2-9;/h2-7,9H2,1H3;1H. The fourth-order valence-corrected chi connectivity index (χ4v) is 1.14. The summed E-state index contributed by atoms with van der Waals surface area (Å²) in [6, 6.07) is 0. The molecule has 0 unspecified atom stereocenters. The van der Waals surface area contributed by atoms with Crippen LogP contribution in [0.3, 0.4) is 0 Å². The molecule has 0 fully saturated rings. The van der Waals surface area contributed by atoms with Crippen molar-refractivity contribution >= 4 is 29.3 Å². The van der Waals surface area contributed by atoms with Crippen LogP contribution in [0.25, 0.3) is 0 Å². The van der Waals surface area contributed by atoms with Crippen molar-refractivity contribution < 1.29 is 14.3 Å². The molecule has 0 atom stereocenters. The monoisotopic (exact) mass is 243 g/mol. The molecule has 0 bridgehead atoms. The third-order valence-corrected chi connectivity index (χ3v) is 1.94. The molecule has 0 saturated carbocycles. The SMILES string of the molecule is CC(=O)SCCOCCOCCN.Cl. The maximum atomic E-state index is 10.5. The molecule has 0 aliphatic rings. The van der Waals surface area contributed by atoms with Crippen molar-refractivity contribution in [1.82, 2.24) is 0 Å². The van der Waals surface area contributed by atoms with Crippen molar-refractivity contribution in [2.75, 3.05) is 38.7 Å². The highest BCUT2D eigenvalue weighted by Crippen LogP contribution is 1.99. The van der Waals surface area contributed by atoms with Crippen LogP contribution in [-0.2, 0) is 14.3 Å². The highest BCUT2D eigenvalue weighted by molar-refractivity contribution is 8.13. The lowest BCUT2D eigenvalue weighted by atomic mass is 10.7. The highest BCUT2D eigenvalue weighted by atomic mass is 35.5. The van der Waals surface area contributed by atoms with E-state index in [0.29, 0.717) is 38.7 Å². The lowest BCUT2D eigenvalue weighted by molar-refractivity contribution is -0.109. The average Bonchev–Trinajstić information content (AvgIpc) is 2.09. The van der Waals surface area contributed by atoms with Crippen LogP contribution in [-0.4, -0.2) is 43.8 Å². The number of carbonyl (C=O) groups excluding carboxylic acids is 1. The predicted molar refractivity (Wildman–Crippen MR) is 61.1 cm³/mol. The minimum Gasteiger partial charge on any atom is -0.378 e. The Bertz CT molecular complexity index is 138. The van der Waals surface area contributed by atoms with Crippen LogP contribution in [0, 0.1) is 0 Å². The van der Waals surface area contributed by atoms with Gasteiger partial charge in [-0.15, -0.1) is 12.4 Å². The molecular formula is C8H18ClNO3S. The van der Waals surface area contributed by atoms with Gasteiger partial charge in [-0.25, -0.2) is 0 Å². The van der Waals surface area contributed by atoms with Crippen molar-refractivity contribution in [2.45, 2.75) is 6.92 Å². The normalized spacial score (nSPS) is 9.57. The number of halogens is 1. The summed E-state index contributed by atoms with van der Waals surface area (Å²) in [5.74, 6) is 0.715. The molecule has 0 heterocycles. The molecule has 0 aliphatic carbocycles. The lowest BCUT2D eigenvalue weighted by Crippen LogP contribution is -2.12. The molecule has 4 nitrogen and oxygen atoms in total. The van der Waals surface area contributed by atoms with E-state index in [9.17, 15) is 4.79 Å². The van der Waals surface area contributed by atoms with E-state index in [1.54, 1.807) is 6.92 Å². The summed E-state index contributed by atoms with van der Waals surface area (Å²) >= 11 is 1.27. The maximum absolute atomic E-state index is 10.5. The zero-order valence-corrected chi connectivity index (χ0v) is 9.99. The van der Waals surface area contributed by atoms with Crippen LogP contribution in [0.1, 0.15) is 6.92 Å². The molecular weight excluding hydrogens is 226 g/mol. The molecule has 0 radical (unpaired) electrons. The fraction of sp³-hybridized carbons (Fsp3) is 0.875. The van der Waals surface area contributed by atoms with Crippen LogP contribution in [0.4, 0.5) is 0 Å². The Morgan fingerprint density at radius 2 is 1.79 bits per heavy atom. The van der Waals surface area contributed by atoms with E-state index in [1.165, 1.54) is 11.8 Å². The summed E-state index contributed by atoms with van der Waals surface area (Å²) in [4.78, 5) is 10.5. The second-order valence-electron chi connectivity index (χ2n) is 2.35. The van der Waals surface area contributed by atoms with Gasteiger partial charge in [0, 0.05) is 19.2 Å². The Morgan fingerprint density at radius 1 is 1.21 bits per heavy atom. The Hall–Kier alpha value is 0.190. The third kappa shape index (κ3) is 14.7. The Labute approximate surface area is 95.3 Å². The zero-order chi connectivity index (χ0) is 9.94. The van der Waals surface area contributed by atoms with E-state index in [-0.39, 0.29) is 17.5 Å². The first-order chi connectivity index (χ1) is 6.27. The summed E-state index contributed by atoms with van der Waals surface area (Å²) in [6.07, 6.45) is 0. The van der Waals surface area contributed by atoms with E-state index < -0.39 is 0 Å². The molecule has 0 aromatic rings. The molecule has 0 aromatic carbocycles. The van der Waals surface area contributed by atoms with E-state index >= 15 is 0 Å². The van der Waals surface area contributed by atoms with Gasteiger partial charge in [0.15, 0.2) is 5.12 Å². The number of ether oxygens (including phenoxy) is 2. The van der Waals surface area contributed by atoms with Crippen molar-refractivity contribution in [1.29, 1.82) is 0 Å². The van der Waals surface area contributed by atoms with Gasteiger partial charge in [0.25, 0.3) is 0 Å². The van der Waals surface area contributed by atoms with Crippen LogP contribution in [0.15, 0.2) is 0 Å². The highest BCUT2D eigenvalue weighted by Gasteiger charge is 1.93. The summed E-state index contributed by atoms with van der Waals surface area (Å²) < 4.78 is 10.3. The topological polar surface area (TPSA) is 61.5 Å². The minimum absolute atomic E-state index is 0. The summed E-state index contributed by atoms with van der Waals surface area (Å²) in [5.41, 5.74) is 5.22. The molecule has 0 saturated heterocycles. The number of carbonyl (C=O) groups is 1. The van der Waals surface area contributed by atoms with E-state index in [1.807, 2.05) is 0 Å². The molecule has 0 aliphatic heterocycles. The largest absolute Gasteiger partial charge is 0.378 e. The molecule has 86 valence electrons. The summed E-state index contributed by atoms with van der Waals surface area (Å²) in [6.45, 7) is 4.40. The van der Waals surface area contributed by atoms with Crippen molar-refractivity contribution in [2.24, 2.45) is 5.73 Å². The molecule has 0 rings (SSSR count). The molecule has 0 aromatic heterocycles. The number of nitrogens with two attached hydrogens (primary N) is 1. The number of hydrogen-bond acceptors (Lipinski definition) is 5. The first kappa shape index (κ1) is 16.6. The number of thioether (sulfide) groups is 1. The average molecular weight is 244 g/mol. The van der Waals surface area contributed by atoms with Crippen molar-refractivity contribution in [3.63, 3.8) is 0 Å². The van der Waals surface area contributed by atoms with Crippen LogP contribution in [0.5, 0.6) is 0 Å². The smallest absolute Gasteiger partial charge is 0.185 e.